The lowest BCUT2D eigenvalue weighted by Crippen LogP contribution is -2.53. The van der Waals surface area contributed by atoms with Gasteiger partial charge in [0.25, 0.3) is 0 Å². The Morgan fingerprint density at radius 1 is 1.21 bits per heavy atom. The lowest BCUT2D eigenvalue weighted by molar-refractivity contribution is -0.145. The highest BCUT2D eigenvalue weighted by atomic mass is 32.1. The molecular formula is C19H26N4O5S. The van der Waals surface area contributed by atoms with Gasteiger partial charge in [0.05, 0.1) is 13.4 Å². The van der Waals surface area contributed by atoms with Crippen molar-refractivity contribution in [3.63, 3.8) is 0 Å². The number of esters is 1. The van der Waals surface area contributed by atoms with Crippen LogP contribution in [0.15, 0.2) is 30.0 Å². The number of carbonyl (C=O) groups excluding carboxylic acids is 3. The van der Waals surface area contributed by atoms with Gasteiger partial charge in [0.1, 0.15) is 17.7 Å². The zero-order valence-corrected chi connectivity index (χ0v) is 17.7. The van der Waals surface area contributed by atoms with Crippen molar-refractivity contribution in [2.24, 2.45) is 0 Å². The molecule has 29 heavy (non-hydrogen) atoms. The normalized spacial score (nSPS) is 13.2. The number of amides is 2. The third-order valence-corrected chi connectivity index (χ3v) is 4.67. The fraction of sp³-hybridized carbons (Fsp3) is 0.474. The minimum Gasteiger partial charge on any atom is -0.467 e. The lowest BCUT2D eigenvalue weighted by atomic mass is 10.1. The van der Waals surface area contributed by atoms with Crippen LogP contribution in [0, 0.1) is 0 Å². The van der Waals surface area contributed by atoms with Gasteiger partial charge in [0, 0.05) is 29.6 Å². The van der Waals surface area contributed by atoms with Gasteiger partial charge < -0.3 is 25.1 Å². The van der Waals surface area contributed by atoms with E-state index in [0.29, 0.717) is 5.69 Å². The van der Waals surface area contributed by atoms with Crippen LogP contribution in [0.25, 0.3) is 0 Å². The summed E-state index contributed by atoms with van der Waals surface area (Å²) in [5, 5.41) is 7.14. The van der Waals surface area contributed by atoms with Crippen molar-refractivity contribution in [2.75, 3.05) is 7.11 Å². The molecule has 0 fully saturated rings. The molecule has 0 saturated carbocycles. The number of thiophene rings is 1. The van der Waals surface area contributed by atoms with E-state index in [1.54, 1.807) is 27.0 Å². The number of methoxy groups -OCH3 is 1. The molecule has 0 aliphatic heterocycles. The molecule has 10 heteroatoms. The monoisotopic (exact) mass is 422 g/mol. The molecule has 2 aromatic heterocycles. The highest BCUT2D eigenvalue weighted by Crippen LogP contribution is 2.13. The van der Waals surface area contributed by atoms with Crippen LogP contribution in [-0.4, -0.2) is 52.7 Å². The summed E-state index contributed by atoms with van der Waals surface area (Å²) in [6, 6.07) is 1.87. The number of rotatable bonds is 8. The number of hydrogen-bond acceptors (Lipinski definition) is 7. The summed E-state index contributed by atoms with van der Waals surface area (Å²) in [6.07, 6.45) is 2.77. The quantitative estimate of drug-likeness (QED) is 0.558. The van der Waals surface area contributed by atoms with Gasteiger partial charge in [-0.2, -0.15) is 0 Å². The van der Waals surface area contributed by atoms with E-state index in [2.05, 4.69) is 20.6 Å². The summed E-state index contributed by atoms with van der Waals surface area (Å²) in [7, 11) is 1.25. The van der Waals surface area contributed by atoms with E-state index < -0.39 is 35.7 Å². The van der Waals surface area contributed by atoms with E-state index in [9.17, 15) is 14.4 Å². The molecule has 0 saturated heterocycles. The average molecular weight is 423 g/mol. The van der Waals surface area contributed by atoms with Crippen molar-refractivity contribution in [1.29, 1.82) is 0 Å². The van der Waals surface area contributed by atoms with Crippen molar-refractivity contribution >= 4 is 29.3 Å². The molecule has 9 nitrogen and oxygen atoms in total. The summed E-state index contributed by atoms with van der Waals surface area (Å²) in [6.45, 7) is 5.20. The third kappa shape index (κ3) is 7.57. The van der Waals surface area contributed by atoms with Crippen LogP contribution in [0.1, 0.15) is 31.3 Å². The van der Waals surface area contributed by atoms with Crippen molar-refractivity contribution in [3.05, 3.63) is 40.6 Å². The minimum absolute atomic E-state index is 0.177. The van der Waals surface area contributed by atoms with Gasteiger partial charge in [-0.1, -0.05) is 6.07 Å². The Bertz CT molecular complexity index is 799. The Hall–Kier alpha value is -2.88. The van der Waals surface area contributed by atoms with Crippen LogP contribution < -0.4 is 10.6 Å². The molecule has 0 spiro atoms. The van der Waals surface area contributed by atoms with Crippen molar-refractivity contribution in [1.82, 2.24) is 20.6 Å². The van der Waals surface area contributed by atoms with Gasteiger partial charge >= 0.3 is 12.1 Å². The van der Waals surface area contributed by atoms with Gasteiger partial charge in [0.2, 0.25) is 5.91 Å². The zero-order valence-electron chi connectivity index (χ0n) is 16.9. The molecule has 0 aromatic carbocycles. The Balaban J connectivity index is 2.12. The molecular weight excluding hydrogens is 396 g/mol. The number of alkyl carbamates (subject to hydrolysis) is 1. The number of aromatic amines is 1. The first-order chi connectivity index (χ1) is 13.7. The zero-order chi connectivity index (χ0) is 21.4. The summed E-state index contributed by atoms with van der Waals surface area (Å²) in [5.74, 6) is -1.11. The predicted octanol–water partition coefficient (Wildman–Crippen LogP) is 1.81. The molecule has 0 bridgehead atoms. The maximum Gasteiger partial charge on any atom is 0.408 e. The summed E-state index contributed by atoms with van der Waals surface area (Å²) < 4.78 is 10.1. The second-order valence-electron chi connectivity index (χ2n) is 7.35. The van der Waals surface area contributed by atoms with Gasteiger partial charge in [-0.3, -0.25) is 4.79 Å². The summed E-state index contributed by atoms with van der Waals surface area (Å²) >= 11 is 1.47. The fourth-order valence-corrected chi connectivity index (χ4v) is 3.27. The molecule has 0 aliphatic rings. The van der Waals surface area contributed by atoms with Crippen LogP contribution in [0.4, 0.5) is 4.79 Å². The smallest absolute Gasteiger partial charge is 0.408 e. The van der Waals surface area contributed by atoms with Gasteiger partial charge in [-0.25, -0.2) is 14.6 Å². The molecule has 2 atom stereocenters. The maximum atomic E-state index is 12.9. The van der Waals surface area contributed by atoms with Crippen molar-refractivity contribution < 1.29 is 23.9 Å². The average Bonchev–Trinajstić information content (AvgIpc) is 3.32. The largest absolute Gasteiger partial charge is 0.467 e. The van der Waals surface area contributed by atoms with Crippen molar-refractivity contribution in [3.8, 4) is 0 Å². The van der Waals surface area contributed by atoms with E-state index in [0.717, 1.165) is 4.88 Å². The van der Waals surface area contributed by atoms with Crippen LogP contribution in [0.2, 0.25) is 0 Å². The van der Waals surface area contributed by atoms with Crippen LogP contribution in [0.5, 0.6) is 0 Å². The summed E-state index contributed by atoms with van der Waals surface area (Å²) in [5.41, 5.74) is -0.0425. The molecule has 1 unspecified atom stereocenters. The van der Waals surface area contributed by atoms with E-state index in [1.807, 2.05) is 17.5 Å². The van der Waals surface area contributed by atoms with Crippen LogP contribution in [0.3, 0.4) is 0 Å². The van der Waals surface area contributed by atoms with Gasteiger partial charge in [-0.15, -0.1) is 11.3 Å². The second kappa shape index (κ2) is 10.1. The highest BCUT2D eigenvalue weighted by molar-refractivity contribution is 7.09. The predicted molar refractivity (Wildman–Crippen MR) is 107 cm³/mol. The molecule has 0 aliphatic carbocycles. The molecule has 2 rings (SSSR count). The Kier molecular flexibility index (Phi) is 7.77. The molecule has 2 amide bonds. The number of hydrogen-bond donors (Lipinski definition) is 3. The van der Waals surface area contributed by atoms with E-state index in [1.165, 1.54) is 24.8 Å². The third-order valence-electron chi connectivity index (χ3n) is 3.77. The molecule has 3 N–H and O–H groups in total. The lowest BCUT2D eigenvalue weighted by Gasteiger charge is -2.24. The second-order valence-corrected chi connectivity index (χ2v) is 8.38. The van der Waals surface area contributed by atoms with E-state index >= 15 is 0 Å². The number of ether oxygens (including phenoxy) is 2. The minimum atomic E-state index is -0.931. The standard InChI is InChI=1S/C19H26N4O5S/c1-19(2,3)28-18(26)23-14(9-13-6-5-7-29-13)16(24)22-15(17(25)27-4)8-12-10-20-11-21-12/h5-7,10-11,14-15H,8-9H2,1-4H3,(H,20,21)(H,22,24)(H,23,26)/t14?,15-/m0/s1. The van der Waals surface area contributed by atoms with Gasteiger partial charge in [0.15, 0.2) is 0 Å². The topological polar surface area (TPSA) is 122 Å². The molecule has 158 valence electrons. The first-order valence-electron chi connectivity index (χ1n) is 9.05. The van der Waals surface area contributed by atoms with Gasteiger partial charge in [-0.05, 0) is 32.2 Å². The van der Waals surface area contributed by atoms with E-state index in [4.69, 9.17) is 9.47 Å². The van der Waals surface area contributed by atoms with Crippen molar-refractivity contribution in [2.45, 2.75) is 51.3 Å². The van der Waals surface area contributed by atoms with Crippen LogP contribution in [-0.2, 0) is 31.9 Å². The Morgan fingerprint density at radius 3 is 2.52 bits per heavy atom. The number of nitrogens with one attached hydrogen (secondary N) is 3. The summed E-state index contributed by atoms with van der Waals surface area (Å²) in [4.78, 5) is 45.0. The molecule has 2 heterocycles. The first kappa shape index (κ1) is 22.4. The Labute approximate surface area is 173 Å². The van der Waals surface area contributed by atoms with Crippen LogP contribution >= 0.6 is 11.3 Å². The number of nitrogens with zero attached hydrogens (tertiary/aromatic N) is 1. The first-order valence-corrected chi connectivity index (χ1v) is 9.93. The number of carbonyl (C=O) groups is 3. The maximum absolute atomic E-state index is 12.9. The number of H-pyrrole nitrogens is 1. The Morgan fingerprint density at radius 2 is 1.97 bits per heavy atom. The molecule has 0 radical (unpaired) electrons. The SMILES string of the molecule is COC(=O)[C@H](Cc1cnc[nH]1)NC(=O)C(Cc1cccs1)NC(=O)OC(C)(C)C. The number of aromatic nitrogens is 2. The number of imidazole rings is 1. The highest BCUT2D eigenvalue weighted by Gasteiger charge is 2.29. The fourth-order valence-electron chi connectivity index (χ4n) is 2.51. The van der Waals surface area contributed by atoms with E-state index in [-0.39, 0.29) is 12.8 Å². The molecule has 2 aromatic rings.